The minimum atomic E-state index is -1.53. The van der Waals surface area contributed by atoms with Crippen LogP contribution in [0.2, 0.25) is 0 Å². The molecule has 116 valence electrons. The largest absolute Gasteiger partial charge is 2.00 e. The third-order valence-electron chi connectivity index (χ3n) is 2.14. The first-order valence-electron chi connectivity index (χ1n) is 5.44. The number of aliphatic carboxylic acids is 4. The molecule has 0 aromatic rings. The molecule has 0 atom stereocenters. The Labute approximate surface area is 196 Å². The van der Waals surface area contributed by atoms with Crippen LogP contribution in [-0.2, 0) is 19.2 Å². The summed E-state index contributed by atoms with van der Waals surface area (Å²) in [7, 11) is 0. The van der Waals surface area contributed by atoms with Gasteiger partial charge in [0.2, 0.25) is 0 Å². The molecule has 0 aromatic carbocycles. The average Bonchev–Trinajstić information content (AvgIpc) is 2.22. The molecular formula is C10H12N2Na2O8Pb. The Hall–Kier alpha value is 0.722. The second-order valence-corrected chi connectivity index (χ2v) is 3.91. The molecule has 2 radical (unpaired) electrons. The van der Waals surface area contributed by atoms with Crippen molar-refractivity contribution >= 4 is 51.2 Å². The summed E-state index contributed by atoms with van der Waals surface area (Å²) >= 11 is 0. The van der Waals surface area contributed by atoms with E-state index in [9.17, 15) is 39.6 Å². The van der Waals surface area contributed by atoms with Crippen LogP contribution in [0.25, 0.3) is 0 Å². The Bertz CT molecular complexity index is 331. The van der Waals surface area contributed by atoms with Crippen molar-refractivity contribution < 1.29 is 98.7 Å². The first-order valence-corrected chi connectivity index (χ1v) is 5.44. The maximum atomic E-state index is 10.4. The van der Waals surface area contributed by atoms with Gasteiger partial charge in [0.15, 0.2) is 0 Å². The number of carboxylic acids is 4. The predicted molar refractivity (Wildman–Crippen MR) is 58.7 cm³/mol. The molecule has 13 heteroatoms. The molecule has 0 heterocycles. The molecule has 0 unspecified atom stereocenters. The summed E-state index contributed by atoms with van der Waals surface area (Å²) in [6, 6.07) is 0. The van der Waals surface area contributed by atoms with E-state index in [1.165, 1.54) is 0 Å². The molecule has 0 fully saturated rings. The number of hydrogen-bond donors (Lipinski definition) is 0. The molecule has 0 saturated carbocycles. The SMILES string of the molecule is O=C([O-])CN(CCN(CC(=O)[O-])CC(=O)[O-])CC(=O)[O-].[Na+].[Na+].[Pb+2]. The number of rotatable bonds is 11. The van der Waals surface area contributed by atoms with Crippen molar-refractivity contribution in [1.82, 2.24) is 9.80 Å². The van der Waals surface area contributed by atoms with Gasteiger partial charge in [-0.25, -0.2) is 0 Å². The molecule has 0 aliphatic rings. The number of carbonyl (C=O) groups is 4. The summed E-state index contributed by atoms with van der Waals surface area (Å²) in [6.07, 6.45) is 0. The van der Waals surface area contributed by atoms with E-state index < -0.39 is 50.1 Å². The zero-order valence-corrected chi connectivity index (χ0v) is 20.8. The van der Waals surface area contributed by atoms with Crippen LogP contribution in [0.15, 0.2) is 0 Å². The number of hydrogen-bond acceptors (Lipinski definition) is 10. The van der Waals surface area contributed by atoms with Gasteiger partial charge in [0, 0.05) is 39.3 Å². The molecule has 23 heavy (non-hydrogen) atoms. The Morgan fingerprint density at radius 3 is 0.870 bits per heavy atom. The maximum Gasteiger partial charge on any atom is 2.00 e. The Kier molecular flexibility index (Phi) is 24.0. The van der Waals surface area contributed by atoms with E-state index in [0.29, 0.717) is 0 Å². The van der Waals surface area contributed by atoms with Crippen molar-refractivity contribution in [2.75, 3.05) is 39.3 Å². The Morgan fingerprint density at radius 2 is 0.739 bits per heavy atom. The monoisotopic (exact) mass is 542 g/mol. The number of carboxylic acid groups (broad SMARTS) is 4. The van der Waals surface area contributed by atoms with Gasteiger partial charge in [-0.05, 0) is 0 Å². The van der Waals surface area contributed by atoms with Crippen LogP contribution in [0.5, 0.6) is 0 Å². The molecule has 10 nitrogen and oxygen atoms in total. The van der Waals surface area contributed by atoms with Crippen LogP contribution in [0.3, 0.4) is 0 Å². The summed E-state index contributed by atoms with van der Waals surface area (Å²) in [5, 5.41) is 41.6. The summed E-state index contributed by atoms with van der Waals surface area (Å²) < 4.78 is 0. The van der Waals surface area contributed by atoms with E-state index in [1.54, 1.807) is 0 Å². The van der Waals surface area contributed by atoms with Crippen LogP contribution in [0, 0.1) is 0 Å². The molecule has 0 aliphatic carbocycles. The Balaban J connectivity index is -0.000000602. The van der Waals surface area contributed by atoms with Gasteiger partial charge < -0.3 is 39.6 Å². The van der Waals surface area contributed by atoms with E-state index in [-0.39, 0.29) is 99.5 Å². The topological polar surface area (TPSA) is 167 Å². The molecule has 0 spiro atoms. The molecule has 0 rings (SSSR count). The summed E-state index contributed by atoms with van der Waals surface area (Å²) in [5.41, 5.74) is 0. The van der Waals surface area contributed by atoms with Gasteiger partial charge in [-0.2, -0.15) is 0 Å². The molecule has 0 saturated heterocycles. The van der Waals surface area contributed by atoms with Crippen molar-refractivity contribution in [1.29, 1.82) is 0 Å². The normalized spacial score (nSPS) is 9.30. The fraction of sp³-hybridized carbons (Fsp3) is 0.600. The standard InChI is InChI=1S/C10H16N2O8.2Na.Pb/c13-7(14)3-11(4-8(15)16)1-2-12(5-9(17)18)6-10(19)20;;;/h1-6H2,(H,13,14)(H,15,16)(H,17,18)(H,19,20);;;/q;2*+1;+2/p-4. The van der Waals surface area contributed by atoms with Crippen molar-refractivity contribution in [3.8, 4) is 0 Å². The molecule has 0 amide bonds. The van der Waals surface area contributed by atoms with E-state index in [0.717, 1.165) is 9.80 Å². The van der Waals surface area contributed by atoms with E-state index >= 15 is 0 Å². The first-order chi connectivity index (χ1) is 9.20. The van der Waals surface area contributed by atoms with Crippen LogP contribution in [-0.4, -0.2) is 100 Å². The summed E-state index contributed by atoms with van der Waals surface area (Å²) in [5.74, 6) is -6.12. The average molecular weight is 541 g/mol. The maximum absolute atomic E-state index is 10.4. The van der Waals surface area contributed by atoms with Crippen molar-refractivity contribution in [3.63, 3.8) is 0 Å². The smallest absolute Gasteiger partial charge is 0.549 e. The first kappa shape index (κ1) is 31.5. The number of carbonyl (C=O) groups excluding carboxylic acids is 4. The quantitative estimate of drug-likeness (QED) is 0.229. The zero-order valence-electron chi connectivity index (χ0n) is 12.9. The van der Waals surface area contributed by atoms with Gasteiger partial charge in [-0.1, -0.05) is 0 Å². The van der Waals surface area contributed by atoms with Crippen LogP contribution in [0.1, 0.15) is 0 Å². The third kappa shape index (κ3) is 20.7. The number of nitrogens with zero attached hydrogens (tertiary/aromatic N) is 2. The molecule has 0 N–H and O–H groups in total. The van der Waals surface area contributed by atoms with E-state index in [1.807, 2.05) is 0 Å². The van der Waals surface area contributed by atoms with Crippen molar-refractivity contribution in [2.24, 2.45) is 0 Å². The summed E-state index contributed by atoms with van der Waals surface area (Å²) in [4.78, 5) is 43.4. The van der Waals surface area contributed by atoms with Crippen molar-refractivity contribution in [3.05, 3.63) is 0 Å². The minimum absolute atomic E-state index is 0. The zero-order chi connectivity index (χ0) is 15.7. The van der Waals surface area contributed by atoms with E-state index in [2.05, 4.69) is 0 Å². The van der Waals surface area contributed by atoms with Gasteiger partial charge in [0.25, 0.3) is 0 Å². The second kappa shape index (κ2) is 17.5. The minimum Gasteiger partial charge on any atom is -0.549 e. The summed E-state index contributed by atoms with van der Waals surface area (Å²) in [6.45, 7) is -3.25. The van der Waals surface area contributed by atoms with Crippen LogP contribution in [0.4, 0.5) is 0 Å². The van der Waals surface area contributed by atoms with Crippen molar-refractivity contribution in [2.45, 2.75) is 0 Å². The molecule has 0 aromatic heterocycles. The van der Waals surface area contributed by atoms with Crippen LogP contribution < -0.4 is 79.5 Å². The van der Waals surface area contributed by atoms with Gasteiger partial charge >= 0.3 is 86.4 Å². The molecule has 0 aliphatic heterocycles. The van der Waals surface area contributed by atoms with E-state index in [4.69, 9.17) is 0 Å². The van der Waals surface area contributed by atoms with Gasteiger partial charge in [-0.3, -0.25) is 9.80 Å². The van der Waals surface area contributed by atoms with Crippen LogP contribution >= 0.6 is 0 Å². The van der Waals surface area contributed by atoms with Gasteiger partial charge in [-0.15, -0.1) is 0 Å². The third-order valence-corrected chi connectivity index (χ3v) is 2.14. The van der Waals surface area contributed by atoms with Gasteiger partial charge in [0.1, 0.15) is 0 Å². The molecular weight excluding hydrogens is 529 g/mol. The predicted octanol–water partition coefficient (Wildman–Crippen LogP) is -13.8. The molecule has 0 bridgehead atoms. The fourth-order valence-electron chi connectivity index (χ4n) is 1.44. The fourth-order valence-corrected chi connectivity index (χ4v) is 1.44. The van der Waals surface area contributed by atoms with Gasteiger partial charge in [0.05, 0.1) is 23.9 Å². The Morgan fingerprint density at radius 1 is 0.565 bits per heavy atom. The second-order valence-electron chi connectivity index (χ2n) is 3.91.